The van der Waals surface area contributed by atoms with Crippen molar-refractivity contribution in [2.75, 3.05) is 5.75 Å². The maximum Gasteiger partial charge on any atom is 0.389 e. The largest absolute Gasteiger partial charge is 0.389 e. The van der Waals surface area contributed by atoms with Gasteiger partial charge in [0.2, 0.25) is 10.0 Å². The summed E-state index contributed by atoms with van der Waals surface area (Å²) in [5.41, 5.74) is 5.36. The summed E-state index contributed by atoms with van der Waals surface area (Å²) in [7, 11) is -3.76. The fourth-order valence-electron chi connectivity index (χ4n) is 2.23. The SMILES string of the molecule is N=C(N)C1CCCC1NS(=O)(=O)CCCC(F)(F)F. The Morgan fingerprint density at radius 1 is 1.37 bits per heavy atom. The summed E-state index contributed by atoms with van der Waals surface area (Å²) >= 11 is 0. The Bertz CT molecular complexity index is 422. The van der Waals surface area contributed by atoms with E-state index in [1.165, 1.54) is 0 Å². The Hall–Kier alpha value is -0.830. The van der Waals surface area contributed by atoms with Crippen LogP contribution in [0.4, 0.5) is 13.2 Å². The van der Waals surface area contributed by atoms with Crippen molar-refractivity contribution in [2.24, 2.45) is 11.7 Å². The van der Waals surface area contributed by atoms with E-state index in [1.54, 1.807) is 0 Å². The molecule has 9 heteroatoms. The fraction of sp³-hybridized carbons (Fsp3) is 0.900. The second-order valence-electron chi connectivity index (χ2n) is 4.75. The first-order valence-corrected chi connectivity index (χ1v) is 7.66. The maximum atomic E-state index is 11.9. The van der Waals surface area contributed by atoms with Crippen molar-refractivity contribution < 1.29 is 21.6 Å². The molecule has 0 aromatic heterocycles. The van der Waals surface area contributed by atoms with Crippen molar-refractivity contribution in [3.63, 3.8) is 0 Å². The molecule has 0 aliphatic heterocycles. The summed E-state index contributed by atoms with van der Waals surface area (Å²) in [6.45, 7) is 0. The second-order valence-corrected chi connectivity index (χ2v) is 6.63. The maximum absolute atomic E-state index is 11.9. The van der Waals surface area contributed by atoms with Crippen LogP contribution in [0.2, 0.25) is 0 Å². The molecule has 1 aliphatic rings. The predicted octanol–water partition coefficient (Wildman–Crippen LogP) is 1.35. The predicted molar refractivity (Wildman–Crippen MR) is 65.3 cm³/mol. The van der Waals surface area contributed by atoms with Crippen molar-refractivity contribution in [1.82, 2.24) is 4.72 Å². The molecular weight excluding hydrogens is 283 g/mol. The first-order valence-electron chi connectivity index (χ1n) is 6.01. The molecule has 2 unspecified atom stereocenters. The van der Waals surface area contributed by atoms with Gasteiger partial charge >= 0.3 is 6.18 Å². The first kappa shape index (κ1) is 16.2. The van der Waals surface area contributed by atoms with E-state index in [0.717, 1.165) is 6.42 Å². The van der Waals surface area contributed by atoms with Gasteiger partial charge in [0.1, 0.15) is 0 Å². The molecule has 0 aromatic carbocycles. The minimum atomic E-state index is -4.34. The third kappa shape index (κ3) is 5.77. The van der Waals surface area contributed by atoms with E-state index in [9.17, 15) is 21.6 Å². The normalized spacial score (nSPS) is 24.6. The van der Waals surface area contributed by atoms with Gasteiger partial charge in [-0.05, 0) is 19.3 Å². The van der Waals surface area contributed by atoms with Crippen molar-refractivity contribution in [3.05, 3.63) is 0 Å². The van der Waals surface area contributed by atoms with Crippen molar-refractivity contribution in [1.29, 1.82) is 5.41 Å². The number of rotatable bonds is 6. The van der Waals surface area contributed by atoms with Gasteiger partial charge in [-0.2, -0.15) is 13.2 Å². The minimum absolute atomic E-state index is 0.0829. The van der Waals surface area contributed by atoms with Gasteiger partial charge in [-0.25, -0.2) is 13.1 Å². The number of nitrogens with one attached hydrogen (secondary N) is 2. The molecule has 1 fully saturated rings. The molecule has 0 amide bonds. The van der Waals surface area contributed by atoms with Crippen molar-refractivity contribution in [2.45, 2.75) is 44.3 Å². The number of sulfonamides is 1. The highest BCUT2D eigenvalue weighted by molar-refractivity contribution is 7.89. The van der Waals surface area contributed by atoms with Gasteiger partial charge < -0.3 is 5.73 Å². The number of hydrogen-bond acceptors (Lipinski definition) is 3. The van der Waals surface area contributed by atoms with Gasteiger partial charge in [-0.1, -0.05) is 6.42 Å². The Labute approximate surface area is 110 Å². The smallest absolute Gasteiger partial charge is 0.387 e. The highest BCUT2D eigenvalue weighted by Crippen LogP contribution is 2.26. The van der Waals surface area contributed by atoms with Crippen LogP contribution in [-0.2, 0) is 10.0 Å². The first-order chi connectivity index (χ1) is 8.61. The molecule has 0 aromatic rings. The topological polar surface area (TPSA) is 96.0 Å². The van der Waals surface area contributed by atoms with Gasteiger partial charge in [0.25, 0.3) is 0 Å². The fourth-order valence-corrected chi connectivity index (χ4v) is 3.61. The molecule has 2 atom stereocenters. The van der Waals surface area contributed by atoms with Crippen LogP contribution in [0.5, 0.6) is 0 Å². The molecule has 0 heterocycles. The second kappa shape index (κ2) is 6.08. The zero-order chi connectivity index (χ0) is 14.7. The summed E-state index contributed by atoms with van der Waals surface area (Å²) in [6.07, 6.45) is -3.98. The van der Waals surface area contributed by atoms with Crippen LogP contribution in [0, 0.1) is 11.3 Å². The van der Waals surface area contributed by atoms with Crippen LogP contribution in [0.3, 0.4) is 0 Å². The molecule has 1 rings (SSSR count). The highest BCUT2D eigenvalue weighted by Gasteiger charge is 2.33. The Kier molecular flexibility index (Phi) is 5.19. The third-order valence-electron chi connectivity index (χ3n) is 3.12. The molecule has 5 nitrogen and oxygen atoms in total. The zero-order valence-corrected chi connectivity index (χ0v) is 11.1. The zero-order valence-electron chi connectivity index (χ0n) is 10.3. The number of nitrogens with two attached hydrogens (primary N) is 1. The van der Waals surface area contributed by atoms with Crippen molar-refractivity contribution >= 4 is 15.9 Å². The molecule has 112 valence electrons. The lowest BCUT2D eigenvalue weighted by molar-refractivity contribution is -0.134. The van der Waals surface area contributed by atoms with Crippen LogP contribution in [0.25, 0.3) is 0 Å². The molecular formula is C10H18F3N3O2S. The van der Waals surface area contributed by atoms with E-state index in [1.807, 2.05) is 0 Å². The highest BCUT2D eigenvalue weighted by atomic mass is 32.2. The Balaban J connectivity index is 2.48. The average molecular weight is 301 g/mol. The summed E-state index contributed by atoms with van der Waals surface area (Å²) in [4.78, 5) is 0. The van der Waals surface area contributed by atoms with Crippen LogP contribution >= 0.6 is 0 Å². The number of hydrogen-bond donors (Lipinski definition) is 3. The minimum Gasteiger partial charge on any atom is -0.387 e. The van der Waals surface area contributed by atoms with E-state index in [4.69, 9.17) is 11.1 Å². The summed E-state index contributed by atoms with van der Waals surface area (Å²) in [6, 6.07) is -0.464. The van der Waals surface area contributed by atoms with Gasteiger partial charge in [0.05, 0.1) is 11.6 Å². The molecule has 0 spiro atoms. The monoisotopic (exact) mass is 301 g/mol. The third-order valence-corrected chi connectivity index (χ3v) is 4.61. The van der Waals surface area contributed by atoms with Gasteiger partial charge in [-0.3, -0.25) is 5.41 Å². The summed E-state index contributed by atoms with van der Waals surface area (Å²) in [5.74, 6) is -0.994. The van der Waals surface area contributed by atoms with Crippen LogP contribution in [-0.4, -0.2) is 32.2 Å². The van der Waals surface area contributed by atoms with E-state index >= 15 is 0 Å². The lowest BCUT2D eigenvalue weighted by atomic mass is 10.0. The van der Waals surface area contributed by atoms with Crippen molar-refractivity contribution in [3.8, 4) is 0 Å². The van der Waals surface area contributed by atoms with Gasteiger partial charge in [0, 0.05) is 18.4 Å². The molecule has 0 bridgehead atoms. The molecule has 1 aliphatic carbocycles. The summed E-state index contributed by atoms with van der Waals surface area (Å²) in [5, 5.41) is 7.34. The lowest BCUT2D eigenvalue weighted by Gasteiger charge is -2.19. The van der Waals surface area contributed by atoms with Gasteiger partial charge in [-0.15, -0.1) is 0 Å². The van der Waals surface area contributed by atoms with Crippen LogP contribution in [0.15, 0.2) is 0 Å². The average Bonchev–Trinajstić information content (AvgIpc) is 2.62. The molecule has 1 saturated carbocycles. The molecule has 19 heavy (non-hydrogen) atoms. The Morgan fingerprint density at radius 3 is 2.53 bits per heavy atom. The number of alkyl halides is 3. The van der Waals surface area contributed by atoms with E-state index < -0.39 is 40.8 Å². The van der Waals surface area contributed by atoms with Crippen LogP contribution < -0.4 is 10.5 Å². The van der Waals surface area contributed by atoms with E-state index in [-0.39, 0.29) is 11.8 Å². The summed E-state index contributed by atoms with van der Waals surface area (Å²) < 4.78 is 61.5. The Morgan fingerprint density at radius 2 is 2.00 bits per heavy atom. The molecule has 4 N–H and O–H groups in total. The van der Waals surface area contributed by atoms with Crippen LogP contribution in [0.1, 0.15) is 32.1 Å². The molecule has 0 radical (unpaired) electrons. The van der Waals surface area contributed by atoms with E-state index in [2.05, 4.69) is 4.72 Å². The quantitative estimate of drug-likeness (QED) is 0.510. The number of amidine groups is 1. The standard InChI is InChI=1S/C10H18F3N3O2S/c11-10(12,13)5-2-6-19(17,18)16-8-4-1-3-7(8)9(14)15/h7-8,16H,1-6H2,(H3,14,15). The lowest BCUT2D eigenvalue weighted by Crippen LogP contribution is -2.43. The molecule has 0 saturated heterocycles. The van der Waals surface area contributed by atoms with E-state index in [0.29, 0.717) is 12.8 Å². The number of halogens is 3. The van der Waals surface area contributed by atoms with Gasteiger partial charge in [0.15, 0.2) is 0 Å².